The van der Waals surface area contributed by atoms with E-state index in [1.54, 1.807) is 0 Å². The molecular weight excluding hydrogens is 148 g/mol. The summed E-state index contributed by atoms with van der Waals surface area (Å²) in [5.74, 6) is 0. The Morgan fingerprint density at radius 2 is 2.12 bits per heavy atom. The molecule has 3 N–H and O–H groups in total. The van der Waals surface area contributed by atoms with E-state index in [4.69, 9.17) is 14.8 Å². The van der Waals surface area contributed by atoms with Crippen molar-refractivity contribution < 1.29 is 14.8 Å². The Kier molecular flexibility index (Phi) is 4.78. The Morgan fingerprint density at radius 1 is 1.62 bits per heavy atom. The number of hydrogen-bond donors (Lipinski definition) is 4. The van der Waals surface area contributed by atoms with E-state index in [2.05, 4.69) is 12.6 Å². The molecule has 0 rings (SSSR count). The molecule has 0 aliphatic carbocycles. The maximum absolute atomic E-state index is 8.62. The lowest BCUT2D eigenvalue weighted by atomic mass is 10.4. The summed E-state index contributed by atoms with van der Waals surface area (Å²) in [7, 11) is 0. The van der Waals surface area contributed by atoms with E-state index in [1.165, 1.54) is 0 Å². The van der Waals surface area contributed by atoms with Crippen LogP contribution in [-0.2, 0) is 0 Å². The molecule has 0 heterocycles. The van der Waals surface area contributed by atoms with Gasteiger partial charge in [0.15, 0.2) is 0 Å². The molecule has 0 aliphatic rings. The fourth-order valence-electron chi connectivity index (χ4n) is 0.160. The molecule has 2 atom stereocenters. The second-order valence-electron chi connectivity index (χ2n) is 1.25. The molecule has 0 radical (unpaired) electrons. The molecule has 0 spiro atoms. The van der Waals surface area contributed by atoms with E-state index in [1.807, 2.05) is 0 Å². The van der Waals surface area contributed by atoms with Gasteiger partial charge in [0.1, 0.15) is 10.7 Å². The smallest absolute Gasteiger partial charge is 0.101 e. The lowest BCUT2D eigenvalue weighted by Crippen LogP contribution is -2.21. The lowest BCUT2D eigenvalue weighted by molar-refractivity contribution is 0.107. The molecule has 0 aliphatic heterocycles. The lowest BCUT2D eigenvalue weighted by Gasteiger charge is -2.09. The third-order valence-corrected chi connectivity index (χ3v) is 1.78. The second-order valence-corrected chi connectivity index (χ2v) is 2.87. The van der Waals surface area contributed by atoms with Crippen LogP contribution in [0, 0.1) is 0 Å². The predicted molar refractivity (Wildman–Crippen MR) is 36.1 cm³/mol. The molecule has 0 amide bonds. The minimum absolute atomic E-state index is 0.373. The van der Waals surface area contributed by atoms with Crippen molar-refractivity contribution in [1.82, 2.24) is 0 Å². The topological polar surface area (TPSA) is 60.7 Å². The van der Waals surface area contributed by atoms with E-state index >= 15 is 0 Å². The van der Waals surface area contributed by atoms with Crippen LogP contribution in [-0.4, -0.2) is 32.1 Å². The maximum Gasteiger partial charge on any atom is 0.101 e. The second kappa shape index (κ2) is 4.46. The van der Waals surface area contributed by atoms with Crippen molar-refractivity contribution in [3.8, 4) is 0 Å². The molecule has 0 saturated heterocycles. The summed E-state index contributed by atoms with van der Waals surface area (Å²) < 4.78 is 7.59. The minimum atomic E-state index is -0.951. The van der Waals surface area contributed by atoms with Gasteiger partial charge >= 0.3 is 0 Å². The Labute approximate surface area is 57.3 Å². The SMILES string of the molecule is OCC(O)C(S)SO. The molecule has 3 nitrogen and oxygen atoms in total. The van der Waals surface area contributed by atoms with Gasteiger partial charge in [0.05, 0.1) is 6.61 Å². The summed E-state index contributed by atoms with van der Waals surface area (Å²) in [5, 5.41) is 16.8. The molecule has 8 heavy (non-hydrogen) atoms. The number of rotatable bonds is 3. The zero-order valence-electron chi connectivity index (χ0n) is 4.06. The third kappa shape index (κ3) is 2.78. The molecule has 0 bridgehead atoms. The standard InChI is InChI=1S/C3H8O3S2/c4-1-2(5)3(7)8-6/h2-7H,1H2. The van der Waals surface area contributed by atoms with Crippen LogP contribution in [0.3, 0.4) is 0 Å². The predicted octanol–water partition coefficient (Wildman–Crippen LogP) is -0.198. The van der Waals surface area contributed by atoms with Crippen LogP contribution in [0.5, 0.6) is 0 Å². The van der Waals surface area contributed by atoms with Crippen LogP contribution in [0.1, 0.15) is 0 Å². The molecular formula is C3H8O3S2. The van der Waals surface area contributed by atoms with Gasteiger partial charge < -0.3 is 14.8 Å². The molecule has 0 fully saturated rings. The fourth-order valence-corrected chi connectivity index (χ4v) is 0.481. The Hall–Kier alpha value is 0.580. The summed E-state index contributed by atoms with van der Waals surface area (Å²) in [4.78, 5) is 0. The highest BCUT2D eigenvalue weighted by Gasteiger charge is 2.12. The first-order valence-corrected chi connectivity index (χ1v) is 3.35. The van der Waals surface area contributed by atoms with Crippen molar-refractivity contribution >= 4 is 24.7 Å². The van der Waals surface area contributed by atoms with Gasteiger partial charge in [-0.25, -0.2) is 0 Å². The van der Waals surface area contributed by atoms with Gasteiger partial charge in [-0.05, 0) is 0 Å². The van der Waals surface area contributed by atoms with Crippen molar-refractivity contribution in [3.05, 3.63) is 0 Å². The van der Waals surface area contributed by atoms with Gasteiger partial charge in [-0.3, -0.25) is 0 Å². The summed E-state index contributed by atoms with van der Waals surface area (Å²) in [6, 6.07) is 0. The molecule has 2 unspecified atom stereocenters. The van der Waals surface area contributed by atoms with E-state index in [-0.39, 0.29) is 6.61 Å². The molecule has 0 aromatic rings. The van der Waals surface area contributed by atoms with Crippen LogP contribution >= 0.6 is 24.7 Å². The Bertz CT molecular complexity index is 52.5. The van der Waals surface area contributed by atoms with Crippen LogP contribution in [0.2, 0.25) is 0 Å². The Balaban J connectivity index is 3.29. The first-order valence-electron chi connectivity index (χ1n) is 1.99. The van der Waals surface area contributed by atoms with Gasteiger partial charge in [-0.15, -0.1) is 0 Å². The molecule has 5 heteroatoms. The van der Waals surface area contributed by atoms with Gasteiger partial charge in [-0.1, -0.05) is 0 Å². The van der Waals surface area contributed by atoms with Gasteiger partial charge in [0.2, 0.25) is 0 Å². The summed E-state index contributed by atoms with van der Waals surface area (Å²) >= 11 is 4.12. The highest BCUT2D eigenvalue weighted by Crippen LogP contribution is 2.13. The summed E-state index contributed by atoms with van der Waals surface area (Å²) in [6.45, 7) is -0.373. The molecule has 0 saturated carbocycles. The van der Waals surface area contributed by atoms with Gasteiger partial charge in [-0.2, -0.15) is 12.6 Å². The number of hydrogen-bond acceptors (Lipinski definition) is 5. The number of aliphatic hydroxyl groups excluding tert-OH is 2. The van der Waals surface area contributed by atoms with Crippen LogP contribution in [0.25, 0.3) is 0 Å². The molecule has 0 aromatic carbocycles. The first-order chi connectivity index (χ1) is 3.72. The fraction of sp³-hybridized carbons (Fsp3) is 1.00. The third-order valence-electron chi connectivity index (χ3n) is 0.624. The molecule has 0 aromatic heterocycles. The van der Waals surface area contributed by atoms with E-state index in [9.17, 15) is 0 Å². The normalized spacial score (nSPS) is 18.0. The number of aliphatic hydroxyl groups is 2. The first kappa shape index (κ1) is 8.58. The van der Waals surface area contributed by atoms with E-state index in [0.717, 1.165) is 0 Å². The largest absolute Gasteiger partial charge is 0.394 e. The maximum atomic E-state index is 8.62. The zero-order chi connectivity index (χ0) is 6.57. The van der Waals surface area contributed by atoms with Gasteiger partial charge in [0, 0.05) is 12.0 Å². The van der Waals surface area contributed by atoms with E-state index < -0.39 is 10.7 Å². The minimum Gasteiger partial charge on any atom is -0.394 e. The van der Waals surface area contributed by atoms with Crippen molar-refractivity contribution in [1.29, 1.82) is 0 Å². The number of thiol groups is 1. The van der Waals surface area contributed by atoms with Crippen molar-refractivity contribution in [2.24, 2.45) is 0 Å². The zero-order valence-corrected chi connectivity index (χ0v) is 5.77. The van der Waals surface area contributed by atoms with Crippen molar-refractivity contribution in [3.63, 3.8) is 0 Å². The van der Waals surface area contributed by atoms with Crippen molar-refractivity contribution in [2.45, 2.75) is 10.7 Å². The summed E-state index contributed by atoms with van der Waals surface area (Å²) in [6.07, 6.45) is -0.951. The highest BCUT2D eigenvalue weighted by atomic mass is 32.2. The highest BCUT2D eigenvalue weighted by molar-refractivity contribution is 8.06. The van der Waals surface area contributed by atoms with Crippen LogP contribution in [0.4, 0.5) is 0 Å². The molecule has 50 valence electrons. The van der Waals surface area contributed by atoms with Gasteiger partial charge in [0.25, 0.3) is 0 Å². The van der Waals surface area contributed by atoms with Crippen molar-refractivity contribution in [2.75, 3.05) is 6.61 Å². The average molecular weight is 156 g/mol. The van der Waals surface area contributed by atoms with E-state index in [0.29, 0.717) is 12.0 Å². The monoisotopic (exact) mass is 156 g/mol. The average Bonchev–Trinajstić information content (AvgIpc) is 1.84. The summed E-state index contributed by atoms with van der Waals surface area (Å²) in [5.41, 5.74) is 0. The quantitative estimate of drug-likeness (QED) is 0.260. The van der Waals surface area contributed by atoms with Crippen LogP contribution in [0.15, 0.2) is 0 Å². The Morgan fingerprint density at radius 3 is 2.25 bits per heavy atom. The van der Waals surface area contributed by atoms with Crippen LogP contribution < -0.4 is 0 Å².